The predicted molar refractivity (Wildman–Crippen MR) is 98.8 cm³/mol. The van der Waals surface area contributed by atoms with E-state index in [1.807, 2.05) is 6.07 Å². The summed E-state index contributed by atoms with van der Waals surface area (Å²) in [7, 11) is 1.69. The summed E-state index contributed by atoms with van der Waals surface area (Å²) in [5.74, 6) is 0.887. The lowest BCUT2D eigenvalue weighted by molar-refractivity contribution is 0.481. The zero-order valence-corrected chi connectivity index (χ0v) is 15.6. The Bertz CT molecular complexity index is 521. The first-order valence-corrected chi connectivity index (χ1v) is 7.27. The van der Waals surface area contributed by atoms with E-state index in [0.717, 1.165) is 19.4 Å². The number of rotatable bonds is 6. The van der Waals surface area contributed by atoms with Crippen LogP contribution in [0.2, 0.25) is 0 Å². The second kappa shape index (κ2) is 11.2. The second-order valence-corrected chi connectivity index (χ2v) is 4.91. The molecule has 1 aromatic rings. The maximum Gasteiger partial charge on any atom is 0.191 e. The molecule has 0 saturated heterocycles. The zero-order valence-electron chi connectivity index (χ0n) is 13.3. The lowest BCUT2D eigenvalue weighted by Crippen LogP contribution is -2.39. The second-order valence-electron chi connectivity index (χ2n) is 4.91. The largest absolute Gasteiger partial charge is 0.356 e. The van der Waals surface area contributed by atoms with Crippen molar-refractivity contribution in [1.82, 2.24) is 10.6 Å². The highest BCUT2D eigenvalue weighted by molar-refractivity contribution is 14.0. The van der Waals surface area contributed by atoms with Crippen LogP contribution in [-0.2, 0) is 6.54 Å². The molecular weight excluding hydrogens is 394 g/mol. The average Bonchev–Trinajstić information content (AvgIpc) is 2.52. The highest BCUT2D eigenvalue weighted by Crippen LogP contribution is 2.09. The lowest BCUT2D eigenvalue weighted by atomic mass is 10.0. The van der Waals surface area contributed by atoms with Crippen molar-refractivity contribution < 1.29 is 4.39 Å². The molecule has 0 atom stereocenters. The molecule has 0 aliphatic carbocycles. The van der Waals surface area contributed by atoms with Crippen molar-refractivity contribution in [2.24, 2.45) is 10.9 Å². The number of halogens is 2. The van der Waals surface area contributed by atoms with Gasteiger partial charge in [0.05, 0.1) is 11.6 Å². The number of benzene rings is 1. The number of nitrogens with zero attached hydrogens (tertiary/aromatic N) is 2. The maximum absolute atomic E-state index is 13.8. The summed E-state index contributed by atoms with van der Waals surface area (Å²) in [4.78, 5) is 4.13. The third kappa shape index (κ3) is 6.60. The van der Waals surface area contributed by atoms with Crippen molar-refractivity contribution in [3.8, 4) is 6.07 Å². The molecule has 2 N–H and O–H groups in total. The van der Waals surface area contributed by atoms with Crippen LogP contribution in [0, 0.1) is 23.1 Å². The van der Waals surface area contributed by atoms with Crippen LogP contribution in [-0.4, -0.2) is 19.6 Å². The summed E-state index contributed by atoms with van der Waals surface area (Å²) < 4.78 is 13.8. The number of nitriles is 1. The molecule has 0 heterocycles. The normalized spacial score (nSPS) is 10.8. The third-order valence-corrected chi connectivity index (χ3v) is 3.56. The smallest absolute Gasteiger partial charge is 0.191 e. The van der Waals surface area contributed by atoms with Crippen molar-refractivity contribution in [2.75, 3.05) is 13.6 Å². The van der Waals surface area contributed by atoms with E-state index in [1.54, 1.807) is 19.2 Å². The molecule has 4 nitrogen and oxygen atoms in total. The molecule has 0 aromatic heterocycles. The zero-order chi connectivity index (χ0) is 15.7. The van der Waals surface area contributed by atoms with E-state index in [4.69, 9.17) is 5.26 Å². The van der Waals surface area contributed by atoms with Crippen LogP contribution in [0.15, 0.2) is 23.2 Å². The van der Waals surface area contributed by atoms with E-state index in [0.29, 0.717) is 29.5 Å². The van der Waals surface area contributed by atoms with E-state index in [-0.39, 0.29) is 29.8 Å². The Hall–Kier alpha value is -1.36. The molecule has 1 rings (SSSR count). The van der Waals surface area contributed by atoms with Crippen molar-refractivity contribution in [3.63, 3.8) is 0 Å². The van der Waals surface area contributed by atoms with Crippen LogP contribution < -0.4 is 10.6 Å². The Morgan fingerprint density at radius 2 is 2.00 bits per heavy atom. The standard InChI is InChI=1S/C16H23FN4.HI/c1-4-12(5-2)10-20-16(19-3)21-11-14-7-6-13(9-18)8-15(14)17;/h6-8,12H,4-5,10-11H2,1-3H3,(H2,19,20,21);1H. The molecule has 22 heavy (non-hydrogen) atoms. The van der Waals surface area contributed by atoms with E-state index in [1.165, 1.54) is 6.07 Å². The third-order valence-electron chi connectivity index (χ3n) is 3.56. The van der Waals surface area contributed by atoms with E-state index in [9.17, 15) is 4.39 Å². The van der Waals surface area contributed by atoms with Crippen molar-refractivity contribution in [1.29, 1.82) is 5.26 Å². The van der Waals surface area contributed by atoms with Gasteiger partial charge in [-0.15, -0.1) is 24.0 Å². The molecule has 0 amide bonds. The number of nitrogens with one attached hydrogen (secondary N) is 2. The van der Waals surface area contributed by atoms with Crippen LogP contribution in [0.1, 0.15) is 37.8 Å². The van der Waals surface area contributed by atoms with Gasteiger partial charge in [0.15, 0.2) is 5.96 Å². The Kier molecular flexibility index (Phi) is 10.5. The summed E-state index contributed by atoms with van der Waals surface area (Å²) in [6, 6.07) is 6.40. The molecule has 0 radical (unpaired) electrons. The summed E-state index contributed by atoms with van der Waals surface area (Å²) in [5.41, 5.74) is 0.840. The highest BCUT2D eigenvalue weighted by Gasteiger charge is 2.07. The molecule has 0 aliphatic heterocycles. The summed E-state index contributed by atoms with van der Waals surface area (Å²) in [6.07, 6.45) is 2.23. The first kappa shape index (κ1) is 20.6. The summed E-state index contributed by atoms with van der Waals surface area (Å²) in [6.45, 7) is 5.51. The molecule has 0 spiro atoms. The Balaban J connectivity index is 0.00000441. The fourth-order valence-corrected chi connectivity index (χ4v) is 1.98. The van der Waals surface area contributed by atoms with Gasteiger partial charge in [-0.2, -0.15) is 5.26 Å². The molecule has 0 aliphatic rings. The summed E-state index contributed by atoms with van der Waals surface area (Å²) in [5, 5.41) is 15.0. The fourth-order valence-electron chi connectivity index (χ4n) is 1.98. The SMILES string of the molecule is CCC(CC)CNC(=NC)NCc1ccc(C#N)cc1F.I. The van der Waals surface area contributed by atoms with Gasteiger partial charge in [0, 0.05) is 25.7 Å². The van der Waals surface area contributed by atoms with Gasteiger partial charge in [-0.25, -0.2) is 4.39 Å². The van der Waals surface area contributed by atoms with Crippen LogP contribution in [0.5, 0.6) is 0 Å². The molecule has 0 unspecified atom stereocenters. The van der Waals surface area contributed by atoms with Crippen molar-refractivity contribution >= 4 is 29.9 Å². The Morgan fingerprint density at radius 3 is 2.50 bits per heavy atom. The monoisotopic (exact) mass is 418 g/mol. The Labute approximate surface area is 149 Å². The van der Waals surface area contributed by atoms with Crippen molar-refractivity contribution in [2.45, 2.75) is 33.2 Å². The molecule has 0 fully saturated rings. The van der Waals surface area contributed by atoms with Gasteiger partial charge < -0.3 is 10.6 Å². The molecule has 122 valence electrons. The first-order chi connectivity index (χ1) is 10.1. The minimum absolute atomic E-state index is 0. The maximum atomic E-state index is 13.8. The van der Waals surface area contributed by atoms with E-state index < -0.39 is 0 Å². The lowest BCUT2D eigenvalue weighted by Gasteiger charge is -2.16. The van der Waals surface area contributed by atoms with Gasteiger partial charge in [-0.05, 0) is 18.1 Å². The number of aliphatic imine (C=N–C) groups is 1. The number of hydrogen-bond donors (Lipinski definition) is 2. The molecular formula is C16H24FIN4. The van der Waals surface area contributed by atoms with Crippen LogP contribution in [0.3, 0.4) is 0 Å². The molecule has 6 heteroatoms. The van der Waals surface area contributed by atoms with Crippen molar-refractivity contribution in [3.05, 3.63) is 35.1 Å². The first-order valence-electron chi connectivity index (χ1n) is 7.27. The molecule has 1 aromatic carbocycles. The quantitative estimate of drug-likeness (QED) is 0.423. The Morgan fingerprint density at radius 1 is 1.32 bits per heavy atom. The average molecular weight is 418 g/mol. The number of hydrogen-bond acceptors (Lipinski definition) is 2. The topological polar surface area (TPSA) is 60.2 Å². The van der Waals surface area contributed by atoms with Gasteiger partial charge in [0.2, 0.25) is 0 Å². The fraction of sp³-hybridized carbons (Fsp3) is 0.500. The van der Waals surface area contributed by atoms with E-state index in [2.05, 4.69) is 29.5 Å². The van der Waals surface area contributed by atoms with Crippen LogP contribution in [0.4, 0.5) is 4.39 Å². The predicted octanol–water partition coefficient (Wildman–Crippen LogP) is 3.42. The molecule has 0 bridgehead atoms. The van der Waals surface area contributed by atoms with Gasteiger partial charge in [0.25, 0.3) is 0 Å². The van der Waals surface area contributed by atoms with Crippen LogP contribution in [0.25, 0.3) is 0 Å². The summed E-state index contributed by atoms with van der Waals surface area (Å²) >= 11 is 0. The highest BCUT2D eigenvalue weighted by atomic mass is 127. The minimum atomic E-state index is -0.378. The minimum Gasteiger partial charge on any atom is -0.356 e. The van der Waals surface area contributed by atoms with Gasteiger partial charge in [-0.3, -0.25) is 4.99 Å². The number of guanidine groups is 1. The van der Waals surface area contributed by atoms with E-state index >= 15 is 0 Å². The molecule has 0 saturated carbocycles. The van der Waals surface area contributed by atoms with Gasteiger partial charge in [-0.1, -0.05) is 32.8 Å². The van der Waals surface area contributed by atoms with Crippen LogP contribution >= 0.6 is 24.0 Å². The van der Waals surface area contributed by atoms with Gasteiger partial charge in [0.1, 0.15) is 5.82 Å². The van der Waals surface area contributed by atoms with Gasteiger partial charge >= 0.3 is 0 Å².